The normalized spacial score (nSPS) is 17.1. The minimum atomic E-state index is 0.207. The molecule has 39 heavy (non-hydrogen) atoms. The highest BCUT2D eigenvalue weighted by atomic mass is 32.1. The van der Waals surface area contributed by atoms with Crippen LogP contribution < -0.4 is 5.32 Å². The summed E-state index contributed by atoms with van der Waals surface area (Å²) < 4.78 is 1.08. The number of aromatic nitrogens is 2. The van der Waals surface area contributed by atoms with Gasteiger partial charge in [0.1, 0.15) is 12.1 Å². The van der Waals surface area contributed by atoms with Crippen LogP contribution in [0.2, 0.25) is 0 Å². The molecule has 4 aromatic rings. The second-order valence-electron chi connectivity index (χ2n) is 10.4. The summed E-state index contributed by atoms with van der Waals surface area (Å²) in [5, 5.41) is 3.48. The Labute approximate surface area is 233 Å². The number of likely N-dealkylation sites (N-methyl/N-ethyl adjacent to an activating group) is 1. The standard InChI is InChI=1S/C30H35N7OS/c1-34-11-15-36(16-12-34)30(38)37-17-13-35(14-18-37)21-24-7-9-25(10-8-24)27-19-26-28(39-27)29(33-22-32-26)31-20-23-5-3-2-4-6-23/h2-10,19,22H,11-18,20-21H2,1H3,(H,31,32,33). The third-order valence-electron chi connectivity index (χ3n) is 7.68. The van der Waals surface area contributed by atoms with Gasteiger partial charge < -0.3 is 20.0 Å². The van der Waals surface area contributed by atoms with E-state index in [0.717, 1.165) is 81.5 Å². The zero-order valence-corrected chi connectivity index (χ0v) is 23.2. The number of urea groups is 1. The van der Waals surface area contributed by atoms with Gasteiger partial charge in [0.05, 0.1) is 10.2 Å². The van der Waals surface area contributed by atoms with E-state index in [-0.39, 0.29) is 6.03 Å². The molecular weight excluding hydrogens is 506 g/mol. The second-order valence-corrected chi connectivity index (χ2v) is 11.5. The average Bonchev–Trinajstić information content (AvgIpc) is 3.43. The maximum Gasteiger partial charge on any atom is 0.320 e. The lowest BCUT2D eigenvalue weighted by atomic mass is 10.1. The van der Waals surface area contributed by atoms with E-state index in [1.807, 2.05) is 15.9 Å². The number of nitrogens with zero attached hydrogens (tertiary/aromatic N) is 6. The third kappa shape index (κ3) is 6.06. The van der Waals surface area contributed by atoms with Gasteiger partial charge in [0.2, 0.25) is 0 Å². The Balaban J connectivity index is 1.05. The number of amides is 2. The number of nitrogens with one attached hydrogen (secondary N) is 1. The predicted molar refractivity (Wildman–Crippen MR) is 158 cm³/mol. The van der Waals surface area contributed by atoms with Gasteiger partial charge in [-0.1, -0.05) is 54.6 Å². The van der Waals surface area contributed by atoms with E-state index >= 15 is 0 Å². The van der Waals surface area contributed by atoms with Gasteiger partial charge in [0.25, 0.3) is 0 Å². The van der Waals surface area contributed by atoms with Crippen molar-refractivity contribution in [1.29, 1.82) is 0 Å². The Morgan fingerprint density at radius 3 is 2.26 bits per heavy atom. The van der Waals surface area contributed by atoms with Crippen molar-refractivity contribution in [2.45, 2.75) is 13.1 Å². The number of carbonyl (C=O) groups excluding carboxylic acids is 1. The van der Waals surface area contributed by atoms with Crippen LogP contribution >= 0.6 is 11.3 Å². The molecule has 0 spiro atoms. The van der Waals surface area contributed by atoms with Gasteiger partial charge >= 0.3 is 6.03 Å². The van der Waals surface area contributed by atoms with Crippen molar-refractivity contribution < 1.29 is 4.79 Å². The van der Waals surface area contributed by atoms with Crippen LogP contribution in [-0.4, -0.2) is 95.0 Å². The van der Waals surface area contributed by atoms with E-state index in [4.69, 9.17) is 0 Å². The lowest BCUT2D eigenvalue weighted by Crippen LogP contribution is -2.56. The van der Waals surface area contributed by atoms with E-state index in [0.29, 0.717) is 0 Å². The summed E-state index contributed by atoms with van der Waals surface area (Å²) in [6, 6.07) is 21.6. The zero-order valence-electron chi connectivity index (χ0n) is 22.4. The van der Waals surface area contributed by atoms with Crippen molar-refractivity contribution >= 4 is 33.4 Å². The van der Waals surface area contributed by atoms with Crippen LogP contribution in [0, 0.1) is 0 Å². The number of hydrogen-bond acceptors (Lipinski definition) is 7. The van der Waals surface area contributed by atoms with Crippen LogP contribution in [0.5, 0.6) is 0 Å². The van der Waals surface area contributed by atoms with E-state index < -0.39 is 0 Å². The minimum absolute atomic E-state index is 0.207. The Morgan fingerprint density at radius 2 is 1.54 bits per heavy atom. The summed E-state index contributed by atoms with van der Waals surface area (Å²) in [6.45, 7) is 8.64. The van der Waals surface area contributed by atoms with Gasteiger partial charge in [-0.25, -0.2) is 14.8 Å². The van der Waals surface area contributed by atoms with Crippen LogP contribution in [0.4, 0.5) is 10.6 Å². The molecule has 0 atom stereocenters. The van der Waals surface area contributed by atoms with Crippen LogP contribution in [0.15, 0.2) is 67.0 Å². The minimum Gasteiger partial charge on any atom is -0.365 e. The number of rotatable bonds is 6. The molecular formula is C30H35N7OS. The molecule has 6 rings (SSSR count). The fourth-order valence-corrected chi connectivity index (χ4v) is 6.31. The topological polar surface area (TPSA) is 67.8 Å². The van der Waals surface area contributed by atoms with Crippen LogP contribution in [0.1, 0.15) is 11.1 Å². The summed E-state index contributed by atoms with van der Waals surface area (Å²) in [5.41, 5.74) is 4.68. The van der Waals surface area contributed by atoms with E-state index in [1.165, 1.54) is 21.6 Å². The van der Waals surface area contributed by atoms with Crippen molar-refractivity contribution in [2.75, 3.05) is 64.7 Å². The van der Waals surface area contributed by atoms with Crippen molar-refractivity contribution in [1.82, 2.24) is 29.6 Å². The van der Waals surface area contributed by atoms with Crippen molar-refractivity contribution in [3.8, 4) is 10.4 Å². The fourth-order valence-electron chi connectivity index (χ4n) is 5.23. The number of piperazine rings is 2. The third-order valence-corrected chi connectivity index (χ3v) is 8.86. The summed E-state index contributed by atoms with van der Waals surface area (Å²) in [6.07, 6.45) is 1.63. The number of anilines is 1. The monoisotopic (exact) mass is 541 g/mol. The largest absolute Gasteiger partial charge is 0.365 e. The van der Waals surface area contributed by atoms with Gasteiger partial charge in [0, 0.05) is 70.3 Å². The first-order chi connectivity index (χ1) is 19.1. The first kappa shape index (κ1) is 25.7. The van der Waals surface area contributed by atoms with Crippen LogP contribution in [0.3, 0.4) is 0 Å². The molecule has 0 radical (unpaired) electrons. The van der Waals surface area contributed by atoms with Crippen molar-refractivity contribution in [2.24, 2.45) is 0 Å². The number of carbonyl (C=O) groups is 1. The highest BCUT2D eigenvalue weighted by molar-refractivity contribution is 7.22. The van der Waals surface area contributed by atoms with Gasteiger partial charge in [-0.3, -0.25) is 4.90 Å². The highest BCUT2D eigenvalue weighted by Crippen LogP contribution is 2.36. The Bertz CT molecular complexity index is 1390. The quantitative estimate of drug-likeness (QED) is 0.389. The molecule has 2 amide bonds. The molecule has 2 aromatic heterocycles. The van der Waals surface area contributed by atoms with Gasteiger partial charge in [-0.05, 0) is 29.8 Å². The predicted octanol–water partition coefficient (Wildman–Crippen LogP) is 4.46. The fraction of sp³-hybridized carbons (Fsp3) is 0.367. The molecule has 1 N–H and O–H groups in total. The van der Waals surface area contributed by atoms with Crippen molar-refractivity contribution in [3.63, 3.8) is 0 Å². The SMILES string of the molecule is CN1CCN(C(=O)N2CCN(Cc3ccc(-c4cc5ncnc(NCc6ccccc6)c5s4)cc3)CC2)CC1. The molecule has 2 saturated heterocycles. The maximum absolute atomic E-state index is 12.9. The highest BCUT2D eigenvalue weighted by Gasteiger charge is 2.27. The van der Waals surface area contributed by atoms with Gasteiger partial charge in [0.15, 0.2) is 0 Å². The van der Waals surface area contributed by atoms with Gasteiger partial charge in [-0.2, -0.15) is 0 Å². The zero-order chi connectivity index (χ0) is 26.6. The molecule has 0 saturated carbocycles. The van der Waals surface area contributed by atoms with E-state index in [9.17, 15) is 4.79 Å². The lowest BCUT2D eigenvalue weighted by Gasteiger charge is -2.40. The molecule has 2 aliphatic heterocycles. The summed E-state index contributed by atoms with van der Waals surface area (Å²) in [4.78, 5) is 31.9. The maximum atomic E-state index is 12.9. The number of thiophene rings is 1. The molecule has 0 bridgehead atoms. The summed E-state index contributed by atoms with van der Waals surface area (Å²) >= 11 is 1.73. The molecule has 4 heterocycles. The van der Waals surface area contributed by atoms with E-state index in [2.05, 4.69) is 86.7 Å². The molecule has 9 heteroatoms. The molecule has 2 aliphatic rings. The molecule has 2 fully saturated rings. The lowest BCUT2D eigenvalue weighted by molar-refractivity contribution is 0.0937. The number of hydrogen-bond donors (Lipinski definition) is 1. The Morgan fingerprint density at radius 1 is 0.846 bits per heavy atom. The molecule has 202 valence electrons. The molecule has 8 nitrogen and oxygen atoms in total. The van der Waals surface area contributed by atoms with Gasteiger partial charge in [-0.15, -0.1) is 11.3 Å². The smallest absolute Gasteiger partial charge is 0.320 e. The second kappa shape index (κ2) is 11.7. The molecule has 0 aliphatic carbocycles. The average molecular weight is 542 g/mol. The van der Waals surface area contributed by atoms with E-state index in [1.54, 1.807) is 17.7 Å². The molecule has 2 aromatic carbocycles. The van der Waals surface area contributed by atoms with Crippen LogP contribution in [0.25, 0.3) is 20.7 Å². The van der Waals surface area contributed by atoms with Crippen LogP contribution in [-0.2, 0) is 13.1 Å². The number of benzene rings is 2. The number of fused-ring (bicyclic) bond motifs is 1. The van der Waals surface area contributed by atoms with Crippen molar-refractivity contribution in [3.05, 3.63) is 78.1 Å². The first-order valence-corrected chi connectivity index (χ1v) is 14.5. The summed E-state index contributed by atoms with van der Waals surface area (Å²) in [5.74, 6) is 0.877. The Hall–Kier alpha value is -3.53. The molecule has 0 unspecified atom stereocenters. The summed E-state index contributed by atoms with van der Waals surface area (Å²) in [7, 11) is 2.12. The first-order valence-electron chi connectivity index (χ1n) is 13.7. The Kier molecular flexibility index (Phi) is 7.71.